The summed E-state index contributed by atoms with van der Waals surface area (Å²) in [6.07, 6.45) is 0. The molecule has 2 N–H and O–H groups in total. The number of aliphatic hydroxyl groups is 1. The van der Waals surface area contributed by atoms with Crippen molar-refractivity contribution in [2.45, 2.75) is 6.04 Å². The van der Waals surface area contributed by atoms with Crippen molar-refractivity contribution in [3.8, 4) is 0 Å². The minimum atomic E-state index is -1.09. The zero-order chi connectivity index (χ0) is 18.1. The normalized spacial score (nSPS) is 18.8. The summed E-state index contributed by atoms with van der Waals surface area (Å²) in [6.45, 7) is 0. The molecule has 1 aliphatic rings. The minimum absolute atomic E-state index is 0.130. The second-order valence-electron chi connectivity index (χ2n) is 5.32. The fourth-order valence-corrected chi connectivity index (χ4v) is 2.93. The number of halogens is 1. The second-order valence-corrected chi connectivity index (χ2v) is 6.24. The van der Waals surface area contributed by atoms with Gasteiger partial charge >= 0.3 is 0 Å². The molecule has 0 aliphatic carbocycles. The molecule has 25 heavy (non-hydrogen) atoms. The Morgan fingerprint density at radius 1 is 1.12 bits per heavy atom. The molecule has 7 nitrogen and oxygen atoms in total. The van der Waals surface area contributed by atoms with Gasteiger partial charge in [0.05, 0.1) is 22.1 Å². The number of amides is 1. The molecule has 0 aromatic heterocycles. The van der Waals surface area contributed by atoms with E-state index in [0.717, 1.165) is 4.47 Å². The van der Waals surface area contributed by atoms with Crippen molar-refractivity contribution >= 4 is 39.1 Å². The number of nitrogens with one attached hydrogen (secondary N) is 1. The number of para-hydroxylation sites is 1. The van der Waals surface area contributed by atoms with Gasteiger partial charge in [0.2, 0.25) is 0 Å². The van der Waals surface area contributed by atoms with Gasteiger partial charge in [0.25, 0.3) is 17.4 Å². The van der Waals surface area contributed by atoms with Crippen molar-refractivity contribution in [2.75, 3.05) is 0 Å². The van der Waals surface area contributed by atoms with Crippen LogP contribution in [0.25, 0.3) is 5.76 Å². The largest absolute Gasteiger partial charge is 0.507 e. The fraction of sp³-hybridized carbons (Fsp3) is 0.0588. The van der Waals surface area contributed by atoms with Crippen LogP contribution in [-0.4, -0.2) is 21.7 Å². The molecular formula is C17H11BrN2O5. The Balaban J connectivity index is 2.18. The molecule has 1 aliphatic heterocycles. The molecule has 8 heteroatoms. The molecule has 0 spiro atoms. The Labute approximate surface area is 150 Å². The molecule has 2 aromatic carbocycles. The summed E-state index contributed by atoms with van der Waals surface area (Å²) in [4.78, 5) is 34.7. The lowest BCUT2D eigenvalue weighted by molar-refractivity contribution is -0.385. The van der Waals surface area contributed by atoms with Crippen LogP contribution in [0, 0.1) is 10.1 Å². The van der Waals surface area contributed by atoms with E-state index in [2.05, 4.69) is 21.2 Å². The Morgan fingerprint density at radius 2 is 1.76 bits per heavy atom. The first-order valence-electron chi connectivity index (χ1n) is 7.17. The molecule has 2 aromatic rings. The third-order valence-electron chi connectivity index (χ3n) is 3.83. The minimum Gasteiger partial charge on any atom is -0.507 e. The summed E-state index contributed by atoms with van der Waals surface area (Å²) < 4.78 is 0.774. The highest BCUT2D eigenvalue weighted by molar-refractivity contribution is 9.10. The number of Topliss-reactive ketones (excluding diaryl/α,β-unsaturated/α-hetero) is 1. The van der Waals surface area contributed by atoms with Crippen molar-refractivity contribution in [1.29, 1.82) is 0 Å². The molecule has 1 saturated heterocycles. The van der Waals surface area contributed by atoms with Crippen LogP contribution < -0.4 is 5.32 Å². The van der Waals surface area contributed by atoms with Gasteiger partial charge in [0.1, 0.15) is 5.76 Å². The second kappa shape index (κ2) is 6.48. The summed E-state index contributed by atoms with van der Waals surface area (Å²) in [5, 5.41) is 24.2. The molecule has 126 valence electrons. The van der Waals surface area contributed by atoms with Crippen LogP contribution in [0.4, 0.5) is 5.69 Å². The van der Waals surface area contributed by atoms with Gasteiger partial charge in [-0.1, -0.05) is 40.2 Å². The molecule has 0 radical (unpaired) electrons. The number of nitrogens with zero attached hydrogens (tertiary/aromatic N) is 1. The third kappa shape index (κ3) is 3.03. The van der Waals surface area contributed by atoms with Crippen LogP contribution in [0.3, 0.4) is 0 Å². The van der Waals surface area contributed by atoms with Crippen molar-refractivity contribution in [2.24, 2.45) is 0 Å². The standard InChI is InChI=1S/C17H11BrN2O5/c18-10-7-5-9(6-8-10)15(21)13-14(19-17(23)16(13)22)11-3-1-2-4-12(11)20(24)25/h1-8,14,21H,(H,19,23)/t14-/m1/s1. The summed E-state index contributed by atoms with van der Waals surface area (Å²) in [5.41, 5.74) is 0.00206. The third-order valence-corrected chi connectivity index (χ3v) is 4.36. The van der Waals surface area contributed by atoms with Crippen LogP contribution >= 0.6 is 15.9 Å². The number of carbonyl (C=O) groups is 2. The van der Waals surface area contributed by atoms with E-state index in [1.54, 1.807) is 30.3 Å². The van der Waals surface area contributed by atoms with Crippen LogP contribution in [0.15, 0.2) is 58.6 Å². The quantitative estimate of drug-likeness (QED) is 0.269. The molecule has 1 amide bonds. The SMILES string of the molecule is O=C1N[C@H](c2ccccc2[N+](=O)[O-])C(=C(O)c2ccc(Br)cc2)C1=O. The predicted molar refractivity (Wildman–Crippen MR) is 92.7 cm³/mol. The lowest BCUT2D eigenvalue weighted by atomic mass is 9.95. The summed E-state index contributed by atoms with van der Waals surface area (Å²) >= 11 is 3.27. The van der Waals surface area contributed by atoms with Gasteiger partial charge in [-0.2, -0.15) is 0 Å². The van der Waals surface area contributed by atoms with Gasteiger partial charge in [-0.05, 0) is 18.2 Å². The number of benzene rings is 2. The van der Waals surface area contributed by atoms with Crippen molar-refractivity contribution in [1.82, 2.24) is 5.32 Å². The number of nitro groups is 1. The number of nitro benzene ring substituents is 1. The van der Waals surface area contributed by atoms with Gasteiger partial charge in [0, 0.05) is 16.1 Å². The van der Waals surface area contributed by atoms with Gasteiger partial charge in [-0.25, -0.2) is 0 Å². The first-order chi connectivity index (χ1) is 11.9. The average molecular weight is 403 g/mol. The van der Waals surface area contributed by atoms with E-state index in [-0.39, 0.29) is 22.6 Å². The molecule has 0 unspecified atom stereocenters. The van der Waals surface area contributed by atoms with Crippen LogP contribution in [0.1, 0.15) is 17.2 Å². The van der Waals surface area contributed by atoms with Crippen LogP contribution in [0.5, 0.6) is 0 Å². The maximum Gasteiger partial charge on any atom is 0.293 e. The Bertz CT molecular complexity index is 921. The topological polar surface area (TPSA) is 110 Å². The zero-order valence-corrected chi connectivity index (χ0v) is 14.2. The van der Waals surface area contributed by atoms with E-state index < -0.39 is 22.7 Å². The summed E-state index contributed by atoms with van der Waals surface area (Å²) in [6, 6.07) is 11.1. The molecule has 1 fully saturated rings. The van der Waals surface area contributed by atoms with Crippen LogP contribution in [-0.2, 0) is 9.59 Å². The monoisotopic (exact) mass is 402 g/mol. The Hall–Kier alpha value is -3.00. The van der Waals surface area contributed by atoms with E-state index in [9.17, 15) is 24.8 Å². The molecule has 1 heterocycles. The number of ketones is 1. The van der Waals surface area contributed by atoms with E-state index in [0.29, 0.717) is 5.56 Å². The average Bonchev–Trinajstić information content (AvgIpc) is 2.90. The molecule has 0 saturated carbocycles. The zero-order valence-electron chi connectivity index (χ0n) is 12.6. The number of hydrogen-bond donors (Lipinski definition) is 2. The smallest absolute Gasteiger partial charge is 0.293 e. The molecule has 3 rings (SSSR count). The van der Waals surface area contributed by atoms with Gasteiger partial charge in [0.15, 0.2) is 0 Å². The maximum atomic E-state index is 12.2. The highest BCUT2D eigenvalue weighted by Crippen LogP contribution is 2.36. The maximum absolute atomic E-state index is 12.2. The number of rotatable bonds is 3. The number of aliphatic hydroxyl groups excluding tert-OH is 1. The van der Waals surface area contributed by atoms with E-state index in [1.165, 1.54) is 18.2 Å². The van der Waals surface area contributed by atoms with Crippen molar-refractivity contribution < 1.29 is 19.6 Å². The van der Waals surface area contributed by atoms with E-state index >= 15 is 0 Å². The van der Waals surface area contributed by atoms with Gasteiger partial charge in [-0.3, -0.25) is 19.7 Å². The van der Waals surface area contributed by atoms with Gasteiger partial charge in [-0.15, -0.1) is 0 Å². The number of carbonyl (C=O) groups excluding carboxylic acids is 2. The predicted octanol–water partition coefficient (Wildman–Crippen LogP) is 3.07. The summed E-state index contributed by atoms with van der Waals surface area (Å²) in [5.74, 6) is -2.22. The van der Waals surface area contributed by atoms with E-state index in [1.807, 2.05) is 0 Å². The highest BCUT2D eigenvalue weighted by Gasteiger charge is 2.42. The van der Waals surface area contributed by atoms with Gasteiger partial charge < -0.3 is 10.4 Å². The van der Waals surface area contributed by atoms with Crippen molar-refractivity contribution in [3.05, 3.63) is 79.8 Å². The fourth-order valence-electron chi connectivity index (χ4n) is 2.66. The van der Waals surface area contributed by atoms with Crippen LogP contribution in [0.2, 0.25) is 0 Å². The Morgan fingerprint density at radius 3 is 2.40 bits per heavy atom. The van der Waals surface area contributed by atoms with E-state index in [4.69, 9.17) is 0 Å². The molecular weight excluding hydrogens is 392 g/mol. The Kier molecular flexibility index (Phi) is 4.37. The molecule has 1 atom stereocenters. The lowest BCUT2D eigenvalue weighted by Gasteiger charge is -2.13. The first kappa shape index (κ1) is 16.8. The molecule has 0 bridgehead atoms. The first-order valence-corrected chi connectivity index (χ1v) is 7.97. The summed E-state index contributed by atoms with van der Waals surface area (Å²) in [7, 11) is 0. The highest BCUT2D eigenvalue weighted by atomic mass is 79.9. The lowest BCUT2D eigenvalue weighted by Crippen LogP contribution is -2.21. The number of hydrogen-bond acceptors (Lipinski definition) is 5. The van der Waals surface area contributed by atoms with Crippen molar-refractivity contribution in [3.63, 3.8) is 0 Å².